The zero-order valence-corrected chi connectivity index (χ0v) is 7.40. The molecule has 0 aromatic heterocycles. The van der Waals surface area contributed by atoms with Crippen LogP contribution in [0.5, 0.6) is 0 Å². The molecule has 0 saturated carbocycles. The maximum absolute atomic E-state index is 10.6. The maximum atomic E-state index is 10.6. The fourth-order valence-corrected chi connectivity index (χ4v) is 1.18. The highest BCUT2D eigenvalue weighted by atomic mass is 32.2. The van der Waals surface area contributed by atoms with Crippen LogP contribution in [0.3, 0.4) is 0 Å². The van der Waals surface area contributed by atoms with Crippen molar-refractivity contribution in [3.05, 3.63) is 24.3 Å². The summed E-state index contributed by atoms with van der Waals surface area (Å²) < 4.78 is 29.9. The molecule has 0 aliphatic heterocycles. The lowest BCUT2D eigenvalue weighted by Gasteiger charge is -2.13. The molecule has 7 heteroatoms. The highest BCUT2D eigenvalue weighted by molar-refractivity contribution is 7.87. The van der Waals surface area contributed by atoms with Crippen molar-refractivity contribution in [3.63, 3.8) is 0 Å². The maximum Gasteiger partial charge on any atom is 0.373 e. The lowest BCUT2D eigenvalue weighted by atomic mass is 10.3. The van der Waals surface area contributed by atoms with Crippen LogP contribution >= 0.6 is 0 Å². The van der Waals surface area contributed by atoms with Crippen molar-refractivity contribution in [3.8, 4) is 0 Å². The Bertz CT molecular complexity index is 403. The minimum Gasteiger partial charge on any atom is -0.399 e. The van der Waals surface area contributed by atoms with Gasteiger partial charge in [0.1, 0.15) is 0 Å². The van der Waals surface area contributed by atoms with E-state index in [1.165, 1.54) is 18.2 Å². The van der Waals surface area contributed by atoms with E-state index in [4.69, 9.17) is 16.1 Å². The van der Waals surface area contributed by atoms with Crippen molar-refractivity contribution >= 4 is 21.7 Å². The van der Waals surface area contributed by atoms with Crippen LogP contribution in [0.25, 0.3) is 0 Å². The molecule has 1 aromatic rings. The van der Waals surface area contributed by atoms with Crippen LogP contribution in [0.15, 0.2) is 24.3 Å². The van der Waals surface area contributed by atoms with Gasteiger partial charge >= 0.3 is 10.3 Å². The van der Waals surface area contributed by atoms with Crippen molar-refractivity contribution in [2.75, 3.05) is 10.1 Å². The molecule has 0 fully saturated rings. The standard InChI is InChI=1S/C6H9N3O3S/c7-5-2-1-3-6(4-5)9(8)13(10,11)12/h1-4H,7-8H2,(H,10,11,12). The van der Waals surface area contributed by atoms with E-state index >= 15 is 0 Å². The van der Waals surface area contributed by atoms with E-state index in [2.05, 4.69) is 0 Å². The summed E-state index contributed by atoms with van der Waals surface area (Å²) in [7, 11) is -4.42. The third-order valence-corrected chi connectivity index (χ3v) is 2.08. The summed E-state index contributed by atoms with van der Waals surface area (Å²) >= 11 is 0. The lowest BCUT2D eigenvalue weighted by molar-refractivity contribution is 0.478. The molecule has 0 radical (unpaired) electrons. The number of anilines is 2. The molecular formula is C6H9N3O3S. The number of hydrogen-bond acceptors (Lipinski definition) is 4. The molecule has 0 saturated heterocycles. The molecule has 0 aliphatic carbocycles. The number of nitrogen functional groups attached to an aromatic ring is 1. The molecule has 5 N–H and O–H groups in total. The number of rotatable bonds is 2. The molecule has 0 aliphatic rings. The number of nitrogens with two attached hydrogens (primary N) is 2. The van der Waals surface area contributed by atoms with Gasteiger partial charge in [0.25, 0.3) is 0 Å². The smallest absolute Gasteiger partial charge is 0.373 e. The normalized spacial score (nSPS) is 11.2. The van der Waals surface area contributed by atoms with Gasteiger partial charge in [-0.3, -0.25) is 4.55 Å². The molecule has 0 atom stereocenters. The van der Waals surface area contributed by atoms with Crippen LogP contribution in [0.1, 0.15) is 0 Å². The average molecular weight is 203 g/mol. The van der Waals surface area contributed by atoms with E-state index < -0.39 is 10.3 Å². The average Bonchev–Trinajstić information content (AvgIpc) is 2.01. The predicted molar refractivity (Wildman–Crippen MR) is 49.1 cm³/mol. The molecule has 0 unspecified atom stereocenters. The number of hydrogen-bond donors (Lipinski definition) is 3. The van der Waals surface area contributed by atoms with Crippen LogP contribution in [-0.2, 0) is 10.3 Å². The Hall–Kier alpha value is -1.31. The van der Waals surface area contributed by atoms with E-state index in [-0.39, 0.29) is 10.1 Å². The molecule has 0 amide bonds. The van der Waals surface area contributed by atoms with Gasteiger partial charge in [-0.1, -0.05) is 6.07 Å². The molecular weight excluding hydrogens is 194 g/mol. The van der Waals surface area contributed by atoms with Gasteiger partial charge < -0.3 is 5.73 Å². The third kappa shape index (κ3) is 2.31. The van der Waals surface area contributed by atoms with Crippen LogP contribution < -0.4 is 16.0 Å². The molecule has 6 nitrogen and oxygen atoms in total. The monoisotopic (exact) mass is 203 g/mol. The topological polar surface area (TPSA) is 110 Å². The molecule has 13 heavy (non-hydrogen) atoms. The Labute approximate surface area is 75.6 Å². The molecule has 0 bridgehead atoms. The van der Waals surface area contributed by atoms with Crippen LogP contribution in [0.4, 0.5) is 11.4 Å². The summed E-state index contributed by atoms with van der Waals surface area (Å²) in [5.74, 6) is 5.08. The summed E-state index contributed by atoms with van der Waals surface area (Å²) in [5.41, 5.74) is 5.84. The largest absolute Gasteiger partial charge is 0.399 e. The minimum atomic E-state index is -4.42. The molecule has 1 aromatic carbocycles. The Balaban J connectivity index is 3.10. The van der Waals surface area contributed by atoms with Crippen molar-refractivity contribution in [1.82, 2.24) is 0 Å². The van der Waals surface area contributed by atoms with Crippen molar-refractivity contribution in [2.24, 2.45) is 5.84 Å². The Kier molecular flexibility index (Phi) is 2.41. The summed E-state index contributed by atoms with van der Waals surface area (Å²) in [6, 6.07) is 5.83. The summed E-state index contributed by atoms with van der Waals surface area (Å²) in [4.78, 5) is 0. The van der Waals surface area contributed by atoms with E-state index in [0.717, 1.165) is 0 Å². The third-order valence-electron chi connectivity index (χ3n) is 1.37. The van der Waals surface area contributed by atoms with Gasteiger partial charge in [0.05, 0.1) is 5.69 Å². The molecule has 1 rings (SSSR count). The number of nitrogens with zero attached hydrogens (tertiary/aromatic N) is 1. The van der Waals surface area contributed by atoms with Gasteiger partial charge in [-0.05, 0) is 18.2 Å². The first-order valence-corrected chi connectivity index (χ1v) is 4.69. The van der Waals surface area contributed by atoms with Crippen molar-refractivity contribution < 1.29 is 13.0 Å². The first kappa shape index (κ1) is 9.78. The molecule has 72 valence electrons. The Morgan fingerprint density at radius 1 is 1.38 bits per heavy atom. The number of hydrazine groups is 1. The fraction of sp³-hybridized carbons (Fsp3) is 0. The van der Waals surface area contributed by atoms with Gasteiger partial charge in [0, 0.05) is 5.69 Å². The minimum absolute atomic E-state index is 0.0995. The van der Waals surface area contributed by atoms with E-state index in [1.54, 1.807) is 6.07 Å². The molecule has 0 spiro atoms. The van der Waals surface area contributed by atoms with E-state index in [9.17, 15) is 8.42 Å². The van der Waals surface area contributed by atoms with Crippen LogP contribution in [0.2, 0.25) is 0 Å². The van der Waals surface area contributed by atoms with Gasteiger partial charge in [-0.2, -0.15) is 12.8 Å². The second-order valence-electron chi connectivity index (χ2n) is 2.37. The van der Waals surface area contributed by atoms with E-state index in [0.29, 0.717) is 5.69 Å². The Morgan fingerprint density at radius 2 is 2.00 bits per heavy atom. The quantitative estimate of drug-likeness (QED) is 0.266. The van der Waals surface area contributed by atoms with Crippen LogP contribution in [-0.4, -0.2) is 13.0 Å². The summed E-state index contributed by atoms with van der Waals surface area (Å²) in [5, 5.41) is 0. The highest BCUT2D eigenvalue weighted by Crippen LogP contribution is 2.16. The van der Waals surface area contributed by atoms with Gasteiger partial charge in [0.2, 0.25) is 0 Å². The number of benzene rings is 1. The first-order chi connectivity index (χ1) is 5.91. The lowest BCUT2D eigenvalue weighted by Crippen LogP contribution is -2.36. The summed E-state index contributed by atoms with van der Waals surface area (Å²) in [6.45, 7) is 0. The second kappa shape index (κ2) is 3.21. The van der Waals surface area contributed by atoms with E-state index in [1.807, 2.05) is 0 Å². The predicted octanol–water partition coefficient (Wildman–Crippen LogP) is -0.248. The summed E-state index contributed by atoms with van der Waals surface area (Å²) in [6.07, 6.45) is 0. The van der Waals surface area contributed by atoms with Crippen LogP contribution in [0, 0.1) is 0 Å². The molecule has 0 heterocycles. The van der Waals surface area contributed by atoms with Crippen molar-refractivity contribution in [1.29, 1.82) is 0 Å². The fourth-order valence-electron chi connectivity index (χ4n) is 0.795. The van der Waals surface area contributed by atoms with Gasteiger partial charge in [-0.15, -0.1) is 0 Å². The highest BCUT2D eigenvalue weighted by Gasteiger charge is 2.14. The second-order valence-corrected chi connectivity index (χ2v) is 3.66. The zero-order chi connectivity index (χ0) is 10.1. The first-order valence-electron chi connectivity index (χ1n) is 3.29. The van der Waals surface area contributed by atoms with Crippen molar-refractivity contribution in [2.45, 2.75) is 0 Å². The van der Waals surface area contributed by atoms with Gasteiger partial charge in [0.15, 0.2) is 0 Å². The van der Waals surface area contributed by atoms with Gasteiger partial charge in [-0.25, -0.2) is 5.84 Å². The Morgan fingerprint density at radius 3 is 2.46 bits per heavy atom. The SMILES string of the molecule is Nc1cccc(N(N)S(=O)(=O)O)c1. The zero-order valence-electron chi connectivity index (χ0n) is 6.58.